The van der Waals surface area contributed by atoms with Gasteiger partial charge in [0.15, 0.2) is 5.82 Å². The number of nitrogens with one attached hydrogen (secondary N) is 1. The number of amides is 1. The van der Waals surface area contributed by atoms with Crippen molar-refractivity contribution in [2.75, 3.05) is 27.8 Å². The molecule has 0 unspecified atom stereocenters. The fourth-order valence-electron chi connectivity index (χ4n) is 2.19. The van der Waals surface area contributed by atoms with Gasteiger partial charge in [0.05, 0.1) is 14.2 Å². The van der Waals surface area contributed by atoms with E-state index in [-0.39, 0.29) is 30.0 Å². The van der Waals surface area contributed by atoms with Crippen LogP contribution in [0.2, 0.25) is 0 Å². The van der Waals surface area contributed by atoms with Crippen molar-refractivity contribution >= 4 is 5.91 Å². The molecule has 1 aromatic heterocycles. The maximum atomic E-state index is 12.2. The van der Waals surface area contributed by atoms with E-state index in [0.717, 1.165) is 0 Å². The largest absolute Gasteiger partial charge is 0.497 e. The van der Waals surface area contributed by atoms with Crippen LogP contribution < -0.4 is 15.0 Å². The number of carbonyl (C=O) groups is 1. The van der Waals surface area contributed by atoms with E-state index in [0.29, 0.717) is 29.4 Å². The Labute approximate surface area is 145 Å². The summed E-state index contributed by atoms with van der Waals surface area (Å²) >= 11 is 0. The highest BCUT2D eigenvalue weighted by Crippen LogP contribution is 2.27. The molecule has 0 saturated carbocycles. The molecule has 0 aliphatic heterocycles. The van der Waals surface area contributed by atoms with Gasteiger partial charge in [-0.05, 0) is 19.1 Å². The van der Waals surface area contributed by atoms with Crippen LogP contribution >= 0.6 is 0 Å². The van der Waals surface area contributed by atoms with E-state index in [1.54, 1.807) is 44.4 Å². The number of aryl methyl sites for hydroxylation is 1. The summed E-state index contributed by atoms with van der Waals surface area (Å²) in [6.07, 6.45) is 0.460. The molecule has 8 nitrogen and oxygen atoms in total. The summed E-state index contributed by atoms with van der Waals surface area (Å²) in [6, 6.07) is 5.17. The maximum Gasteiger partial charge on any atom is 0.273 e. The number of methoxy groups -OCH3 is 2. The lowest BCUT2D eigenvalue weighted by atomic mass is 10.2. The molecule has 1 N–H and O–H groups in total. The molecule has 0 aliphatic rings. The van der Waals surface area contributed by atoms with Gasteiger partial charge in [-0.2, -0.15) is 0 Å². The summed E-state index contributed by atoms with van der Waals surface area (Å²) in [7, 11) is 4.80. The van der Waals surface area contributed by atoms with Gasteiger partial charge in [-0.15, -0.1) is 10.2 Å². The van der Waals surface area contributed by atoms with Crippen LogP contribution in [0.5, 0.6) is 11.5 Å². The van der Waals surface area contributed by atoms with Gasteiger partial charge in [-0.1, -0.05) is 0 Å². The highest BCUT2D eigenvalue weighted by molar-refractivity contribution is 5.76. The van der Waals surface area contributed by atoms with Crippen molar-refractivity contribution in [3.8, 4) is 22.9 Å². The zero-order valence-corrected chi connectivity index (χ0v) is 14.8. The third-order valence-corrected chi connectivity index (χ3v) is 3.87. The highest BCUT2D eigenvalue weighted by Gasteiger charge is 2.12. The first-order valence-electron chi connectivity index (χ1n) is 7.91. The van der Waals surface area contributed by atoms with Gasteiger partial charge in [-0.25, -0.2) is 0 Å². The zero-order valence-electron chi connectivity index (χ0n) is 14.8. The smallest absolute Gasteiger partial charge is 0.273 e. The van der Waals surface area contributed by atoms with Crippen LogP contribution in [0.1, 0.15) is 19.0 Å². The minimum Gasteiger partial charge on any atom is -0.497 e. The lowest BCUT2D eigenvalue weighted by Crippen LogP contribution is -2.27. The normalized spacial score (nSPS) is 10.4. The first-order chi connectivity index (χ1) is 12.0. The van der Waals surface area contributed by atoms with Crippen LogP contribution in [0.25, 0.3) is 11.4 Å². The van der Waals surface area contributed by atoms with Crippen molar-refractivity contribution in [3.63, 3.8) is 0 Å². The topological polar surface area (TPSA) is 97.4 Å². The lowest BCUT2D eigenvalue weighted by molar-refractivity contribution is -0.129. The van der Waals surface area contributed by atoms with Crippen LogP contribution in [0, 0.1) is 0 Å². The lowest BCUT2D eigenvalue weighted by Gasteiger charge is -2.13. The summed E-state index contributed by atoms with van der Waals surface area (Å²) in [4.78, 5) is 28.3. The molecule has 1 heterocycles. The molecule has 0 bridgehead atoms. The quantitative estimate of drug-likeness (QED) is 0.810. The van der Waals surface area contributed by atoms with Gasteiger partial charge in [0.25, 0.3) is 5.56 Å². The fourth-order valence-corrected chi connectivity index (χ4v) is 2.19. The average Bonchev–Trinajstić information content (AvgIpc) is 2.65. The van der Waals surface area contributed by atoms with Gasteiger partial charge >= 0.3 is 0 Å². The Morgan fingerprint density at radius 1 is 1.16 bits per heavy atom. The van der Waals surface area contributed by atoms with E-state index in [1.165, 1.54) is 0 Å². The van der Waals surface area contributed by atoms with E-state index in [9.17, 15) is 9.59 Å². The third kappa shape index (κ3) is 4.56. The van der Waals surface area contributed by atoms with Gasteiger partial charge in [0, 0.05) is 38.1 Å². The number of hydrogen-bond acceptors (Lipinski definition) is 6. The summed E-state index contributed by atoms with van der Waals surface area (Å²) in [6.45, 7) is 2.51. The maximum absolute atomic E-state index is 12.2. The van der Waals surface area contributed by atoms with E-state index < -0.39 is 0 Å². The predicted molar refractivity (Wildman–Crippen MR) is 92.8 cm³/mol. The summed E-state index contributed by atoms with van der Waals surface area (Å²) in [5.41, 5.74) is 0.490. The number of carbonyl (C=O) groups excluding carboxylic acids is 1. The van der Waals surface area contributed by atoms with Crippen LogP contribution in [-0.4, -0.2) is 53.8 Å². The van der Waals surface area contributed by atoms with Crippen molar-refractivity contribution in [3.05, 3.63) is 34.2 Å². The molecule has 0 radical (unpaired) electrons. The molecule has 0 atom stereocenters. The Hall–Kier alpha value is -2.90. The Balaban J connectivity index is 2.22. The van der Waals surface area contributed by atoms with E-state index in [2.05, 4.69) is 15.2 Å². The summed E-state index contributed by atoms with van der Waals surface area (Å²) in [5, 5.41) is 8.04. The van der Waals surface area contributed by atoms with E-state index in [1.807, 2.05) is 6.92 Å². The number of benzene rings is 1. The second kappa shape index (κ2) is 8.27. The minimum atomic E-state index is -0.362. The number of rotatable bonds is 7. The number of H-pyrrole nitrogens is 1. The Bertz CT molecular complexity index is 781. The SMILES string of the molecule is CCN(C)C(=O)CCc1nnc(-c2cc(OC)cc(OC)c2)[nH]c1=O. The number of ether oxygens (including phenoxy) is 2. The van der Waals surface area contributed by atoms with E-state index in [4.69, 9.17) is 9.47 Å². The second-order valence-electron chi connectivity index (χ2n) is 5.46. The Kier molecular flexibility index (Phi) is 6.10. The van der Waals surface area contributed by atoms with Crippen molar-refractivity contribution in [2.45, 2.75) is 19.8 Å². The van der Waals surface area contributed by atoms with Crippen molar-refractivity contribution < 1.29 is 14.3 Å². The molecule has 1 aromatic carbocycles. The van der Waals surface area contributed by atoms with E-state index >= 15 is 0 Å². The molecule has 2 rings (SSSR count). The van der Waals surface area contributed by atoms with Crippen LogP contribution in [0.4, 0.5) is 0 Å². The van der Waals surface area contributed by atoms with Gasteiger partial charge in [0.1, 0.15) is 17.2 Å². The standard InChI is InChI=1S/C17H22N4O4/c1-5-21(2)15(22)7-6-14-17(23)18-16(20-19-14)11-8-12(24-3)10-13(9-11)25-4/h8-10H,5-7H2,1-4H3,(H,18,20,23). The monoisotopic (exact) mass is 346 g/mol. The first-order valence-corrected chi connectivity index (χ1v) is 7.91. The predicted octanol–water partition coefficient (Wildman–Crippen LogP) is 1.26. The van der Waals surface area contributed by atoms with Crippen LogP contribution in [0.3, 0.4) is 0 Å². The fraction of sp³-hybridized carbons (Fsp3) is 0.412. The molecule has 8 heteroatoms. The van der Waals surface area contributed by atoms with Crippen LogP contribution in [0.15, 0.2) is 23.0 Å². The van der Waals surface area contributed by atoms with Gasteiger partial charge in [-0.3, -0.25) is 9.59 Å². The molecule has 134 valence electrons. The van der Waals surface area contributed by atoms with Crippen molar-refractivity contribution in [2.24, 2.45) is 0 Å². The molecule has 0 saturated heterocycles. The molecule has 1 amide bonds. The Morgan fingerprint density at radius 2 is 1.80 bits per heavy atom. The molecule has 25 heavy (non-hydrogen) atoms. The number of nitrogens with zero attached hydrogens (tertiary/aromatic N) is 3. The zero-order chi connectivity index (χ0) is 18.4. The molecule has 0 fully saturated rings. The first kappa shape index (κ1) is 18.4. The highest BCUT2D eigenvalue weighted by atomic mass is 16.5. The van der Waals surface area contributed by atoms with Gasteiger partial charge < -0.3 is 19.4 Å². The molecular weight excluding hydrogens is 324 g/mol. The minimum absolute atomic E-state index is 0.0368. The van der Waals surface area contributed by atoms with Gasteiger partial charge in [0.2, 0.25) is 5.91 Å². The molecule has 0 aliphatic carbocycles. The Morgan fingerprint density at radius 3 is 2.32 bits per heavy atom. The number of aromatic amines is 1. The average molecular weight is 346 g/mol. The second-order valence-corrected chi connectivity index (χ2v) is 5.46. The molecule has 0 spiro atoms. The van der Waals surface area contributed by atoms with Crippen molar-refractivity contribution in [1.29, 1.82) is 0 Å². The van der Waals surface area contributed by atoms with Crippen LogP contribution in [-0.2, 0) is 11.2 Å². The summed E-state index contributed by atoms with van der Waals surface area (Å²) < 4.78 is 10.4. The molecule has 2 aromatic rings. The molecular formula is C17H22N4O4. The third-order valence-electron chi connectivity index (χ3n) is 3.87. The van der Waals surface area contributed by atoms with Crippen molar-refractivity contribution in [1.82, 2.24) is 20.1 Å². The summed E-state index contributed by atoms with van der Waals surface area (Å²) in [5.74, 6) is 1.43. The number of aromatic nitrogens is 3. The number of hydrogen-bond donors (Lipinski definition) is 1.